The predicted octanol–water partition coefficient (Wildman–Crippen LogP) is 4.63. The fraction of sp³-hybridized carbons (Fsp3) is 0.545. The zero-order valence-corrected chi connectivity index (χ0v) is 10.4. The minimum absolute atomic E-state index is 0.0745. The third kappa shape index (κ3) is 1.74. The Kier molecular flexibility index (Phi) is 2.94. The Morgan fingerprint density at radius 2 is 2.00 bits per heavy atom. The third-order valence-electron chi connectivity index (χ3n) is 2.96. The fourth-order valence-corrected chi connectivity index (χ4v) is 3.72. The van der Waals surface area contributed by atoms with Crippen LogP contribution >= 0.6 is 27.3 Å². The van der Waals surface area contributed by atoms with Gasteiger partial charge in [-0.3, -0.25) is 0 Å². The molecule has 0 atom stereocenters. The van der Waals surface area contributed by atoms with Crippen molar-refractivity contribution < 1.29 is 0 Å². The molecular weight excluding hydrogens is 258 g/mol. The fourth-order valence-electron chi connectivity index (χ4n) is 2.14. The molecule has 0 aliphatic heterocycles. The van der Waals surface area contributed by atoms with Crippen LogP contribution in [0.5, 0.6) is 0 Å². The average Bonchev–Trinajstić information content (AvgIpc) is 2.66. The lowest BCUT2D eigenvalue weighted by Crippen LogP contribution is -2.23. The molecule has 0 amide bonds. The Balaban J connectivity index is 2.32. The van der Waals surface area contributed by atoms with E-state index in [1.54, 1.807) is 11.3 Å². The van der Waals surface area contributed by atoms with Crippen LogP contribution in [0.15, 0.2) is 15.9 Å². The Labute approximate surface area is 97.1 Å². The highest BCUT2D eigenvalue weighted by molar-refractivity contribution is 9.11. The van der Waals surface area contributed by atoms with Crippen LogP contribution in [0, 0.1) is 6.57 Å². The summed E-state index contributed by atoms with van der Waals surface area (Å²) in [5.74, 6) is 0. The standard InChI is InChI=1S/C11H13BrNS/c1-13-11(7-3-2-4-8-11)9-5-6-10(12)14-9/h1,5-6H,2-4,7-8H2/q+1. The van der Waals surface area contributed by atoms with Gasteiger partial charge in [-0.2, -0.15) is 0 Å². The summed E-state index contributed by atoms with van der Waals surface area (Å²) in [5, 5.41) is 0. The van der Waals surface area contributed by atoms with E-state index in [9.17, 15) is 0 Å². The van der Waals surface area contributed by atoms with Gasteiger partial charge in [0.05, 0.1) is 8.66 Å². The van der Waals surface area contributed by atoms with Gasteiger partial charge in [-0.05, 0) is 40.9 Å². The van der Waals surface area contributed by atoms with Crippen molar-refractivity contribution in [1.29, 1.82) is 0 Å². The first kappa shape index (κ1) is 10.2. The van der Waals surface area contributed by atoms with Crippen LogP contribution in [-0.4, -0.2) is 0 Å². The van der Waals surface area contributed by atoms with Crippen LogP contribution in [-0.2, 0) is 5.54 Å². The second kappa shape index (κ2) is 4.04. The highest BCUT2D eigenvalue weighted by Crippen LogP contribution is 2.44. The summed E-state index contributed by atoms with van der Waals surface area (Å²) < 4.78 is 1.17. The molecule has 0 N–H and O–H groups in total. The van der Waals surface area contributed by atoms with Crippen LogP contribution in [0.3, 0.4) is 0 Å². The molecule has 2 rings (SSSR count). The molecule has 3 heteroatoms. The van der Waals surface area contributed by atoms with Crippen molar-refractivity contribution in [2.24, 2.45) is 0 Å². The molecule has 0 bridgehead atoms. The average molecular weight is 271 g/mol. The summed E-state index contributed by atoms with van der Waals surface area (Å²) in [6.45, 7) is 5.60. The molecule has 1 aromatic rings. The van der Waals surface area contributed by atoms with Crippen molar-refractivity contribution in [2.45, 2.75) is 37.6 Å². The first-order valence-corrected chi connectivity index (χ1v) is 6.56. The molecule has 1 nitrogen and oxygen atoms in total. The molecule has 1 saturated carbocycles. The van der Waals surface area contributed by atoms with E-state index in [1.807, 2.05) is 0 Å². The zero-order valence-electron chi connectivity index (χ0n) is 8.00. The Morgan fingerprint density at radius 3 is 2.50 bits per heavy atom. The molecular formula is C11H13BrNS+. The topological polar surface area (TPSA) is 4.36 Å². The van der Waals surface area contributed by atoms with Crippen molar-refractivity contribution >= 4 is 27.3 Å². The van der Waals surface area contributed by atoms with Gasteiger partial charge in [-0.15, -0.1) is 11.3 Å². The van der Waals surface area contributed by atoms with Crippen LogP contribution < -0.4 is 0 Å². The van der Waals surface area contributed by atoms with E-state index >= 15 is 0 Å². The van der Waals surface area contributed by atoms with E-state index < -0.39 is 0 Å². The predicted molar refractivity (Wildman–Crippen MR) is 65.1 cm³/mol. The monoisotopic (exact) mass is 270 g/mol. The summed E-state index contributed by atoms with van der Waals surface area (Å²) in [6.07, 6.45) is 6.03. The highest BCUT2D eigenvalue weighted by Gasteiger charge is 2.44. The van der Waals surface area contributed by atoms with Crippen LogP contribution in [0.4, 0.5) is 0 Å². The van der Waals surface area contributed by atoms with Gasteiger partial charge < -0.3 is 0 Å². The molecule has 14 heavy (non-hydrogen) atoms. The number of thiophene rings is 1. The third-order valence-corrected chi connectivity index (χ3v) is 4.78. The van der Waals surface area contributed by atoms with Crippen molar-refractivity contribution in [1.82, 2.24) is 0 Å². The minimum atomic E-state index is -0.0745. The van der Waals surface area contributed by atoms with Crippen LogP contribution in [0.1, 0.15) is 37.0 Å². The molecule has 1 fully saturated rings. The summed E-state index contributed by atoms with van der Waals surface area (Å²) in [5.41, 5.74) is -0.0745. The molecule has 0 radical (unpaired) electrons. The van der Waals surface area contributed by atoms with Gasteiger partial charge in [-0.1, -0.05) is 11.3 Å². The van der Waals surface area contributed by atoms with E-state index in [0.29, 0.717) is 0 Å². The maximum atomic E-state index is 5.60. The van der Waals surface area contributed by atoms with E-state index in [2.05, 4.69) is 32.9 Å². The first-order valence-electron chi connectivity index (χ1n) is 4.95. The quantitative estimate of drug-likeness (QED) is 0.701. The Bertz CT molecular complexity index is 358. The number of rotatable bonds is 1. The molecule has 0 saturated heterocycles. The summed E-state index contributed by atoms with van der Waals surface area (Å²) in [6, 6.07) is 4.23. The lowest BCUT2D eigenvalue weighted by Gasteiger charge is -2.21. The van der Waals surface area contributed by atoms with Crippen LogP contribution in [0.2, 0.25) is 0 Å². The Hall–Kier alpha value is -0.330. The van der Waals surface area contributed by atoms with Gasteiger partial charge in [0.25, 0.3) is 6.57 Å². The summed E-state index contributed by atoms with van der Waals surface area (Å²) in [4.78, 5) is 5.46. The molecule has 0 unspecified atom stereocenters. The van der Waals surface area contributed by atoms with Gasteiger partial charge in [0, 0.05) is 12.8 Å². The van der Waals surface area contributed by atoms with Gasteiger partial charge >= 0.3 is 5.54 Å². The lowest BCUT2D eigenvalue weighted by atomic mass is 9.81. The van der Waals surface area contributed by atoms with E-state index in [4.69, 9.17) is 6.57 Å². The van der Waals surface area contributed by atoms with Crippen molar-refractivity contribution in [3.63, 3.8) is 0 Å². The smallest absolute Gasteiger partial charge is 0.125 e. The first-order chi connectivity index (χ1) is 6.77. The van der Waals surface area contributed by atoms with Crippen molar-refractivity contribution in [2.75, 3.05) is 0 Å². The van der Waals surface area contributed by atoms with E-state index in [0.717, 1.165) is 12.8 Å². The summed E-state index contributed by atoms with van der Waals surface area (Å²) in [7, 11) is 0. The highest BCUT2D eigenvalue weighted by atomic mass is 79.9. The molecule has 1 aromatic heterocycles. The van der Waals surface area contributed by atoms with E-state index in [-0.39, 0.29) is 5.54 Å². The largest absolute Gasteiger partial charge is 0.314 e. The van der Waals surface area contributed by atoms with Gasteiger partial charge in [0.2, 0.25) is 0 Å². The van der Waals surface area contributed by atoms with Crippen molar-refractivity contribution in [3.05, 3.63) is 25.6 Å². The van der Waals surface area contributed by atoms with E-state index in [1.165, 1.54) is 27.9 Å². The van der Waals surface area contributed by atoms with Gasteiger partial charge in [-0.25, -0.2) is 0 Å². The molecule has 0 spiro atoms. The van der Waals surface area contributed by atoms with Gasteiger partial charge in [0.15, 0.2) is 0 Å². The maximum Gasteiger partial charge on any atom is 0.314 e. The SMILES string of the molecule is C#[N+]C1(c2ccc(Br)s2)CCCCC1. The molecule has 1 aliphatic rings. The zero-order chi connectivity index (χ0) is 10.0. The maximum absolute atomic E-state index is 5.60. The Morgan fingerprint density at radius 1 is 1.29 bits per heavy atom. The molecule has 1 aliphatic carbocycles. The second-order valence-electron chi connectivity index (χ2n) is 3.83. The number of nitrogens with zero attached hydrogens (tertiary/aromatic N) is 1. The van der Waals surface area contributed by atoms with Gasteiger partial charge in [0.1, 0.15) is 0 Å². The second-order valence-corrected chi connectivity index (χ2v) is 6.29. The lowest BCUT2D eigenvalue weighted by molar-refractivity contribution is 0.360. The van der Waals surface area contributed by atoms with Crippen molar-refractivity contribution in [3.8, 4) is 6.57 Å². The molecule has 1 heterocycles. The normalized spacial score (nSPS) is 20.3. The minimum Gasteiger partial charge on any atom is -0.125 e. The number of halogens is 1. The number of hydrogen-bond donors (Lipinski definition) is 0. The molecule has 0 aromatic carbocycles. The summed E-state index contributed by atoms with van der Waals surface area (Å²) >= 11 is 5.25. The molecule has 74 valence electrons. The number of hydrogen-bond acceptors (Lipinski definition) is 1. The van der Waals surface area contributed by atoms with Crippen LogP contribution in [0.25, 0.3) is 4.85 Å².